The van der Waals surface area contributed by atoms with Crippen LogP contribution in [0.1, 0.15) is 17.3 Å². The molecule has 0 heterocycles. The summed E-state index contributed by atoms with van der Waals surface area (Å²) in [5.74, 6) is -1.41. The van der Waals surface area contributed by atoms with Crippen LogP contribution in [0.2, 0.25) is 0 Å². The van der Waals surface area contributed by atoms with Gasteiger partial charge in [0.1, 0.15) is 12.3 Å². The lowest BCUT2D eigenvalue weighted by atomic mass is 10.2. The molecule has 0 aliphatic rings. The lowest BCUT2D eigenvalue weighted by Gasteiger charge is -2.07. The van der Waals surface area contributed by atoms with E-state index in [0.29, 0.717) is 17.9 Å². The number of esters is 1. The topological polar surface area (TPSA) is 123 Å². The van der Waals surface area contributed by atoms with Gasteiger partial charge in [-0.3, -0.25) is 19.7 Å². The van der Waals surface area contributed by atoms with Crippen molar-refractivity contribution in [3.63, 3.8) is 0 Å². The third-order valence-electron chi connectivity index (χ3n) is 2.67. The molecule has 9 heteroatoms. The van der Waals surface area contributed by atoms with Crippen LogP contribution in [0.4, 0.5) is 4.79 Å². The molecule has 0 radical (unpaired) electrons. The highest BCUT2D eigenvalue weighted by atomic mass is 16.5. The Morgan fingerprint density at radius 3 is 2.33 bits per heavy atom. The van der Waals surface area contributed by atoms with Gasteiger partial charge in [0, 0.05) is 12.6 Å². The number of hydrogen-bond acceptors (Lipinski definition) is 6. The molecule has 4 amide bonds. The second-order valence-corrected chi connectivity index (χ2v) is 4.43. The zero-order valence-electron chi connectivity index (χ0n) is 13.4. The van der Waals surface area contributed by atoms with Crippen molar-refractivity contribution in [1.29, 1.82) is 0 Å². The summed E-state index contributed by atoms with van der Waals surface area (Å²) in [7, 11) is 1.34. The van der Waals surface area contributed by atoms with Gasteiger partial charge in [0.2, 0.25) is 0 Å². The third kappa shape index (κ3) is 6.77. The highest BCUT2D eigenvalue weighted by molar-refractivity contribution is 5.97. The number of nitrogens with one attached hydrogen (secondary N) is 3. The summed E-state index contributed by atoms with van der Waals surface area (Å²) >= 11 is 0. The Kier molecular flexibility index (Phi) is 7.76. The summed E-state index contributed by atoms with van der Waals surface area (Å²) in [6.07, 6.45) is 0. The summed E-state index contributed by atoms with van der Waals surface area (Å²) in [6.45, 7) is 1.34. The van der Waals surface area contributed by atoms with Crippen molar-refractivity contribution in [2.24, 2.45) is 0 Å². The Bertz CT molecular complexity index is 600. The van der Waals surface area contributed by atoms with Crippen LogP contribution in [0.15, 0.2) is 24.3 Å². The Hall–Kier alpha value is -3.10. The lowest BCUT2D eigenvalue weighted by Crippen LogP contribution is -2.40. The van der Waals surface area contributed by atoms with E-state index in [1.165, 1.54) is 7.05 Å². The fraction of sp³-hybridized carbons (Fsp3) is 0.333. The normalized spacial score (nSPS) is 9.58. The monoisotopic (exact) mass is 337 g/mol. The molecule has 0 saturated carbocycles. The Labute approximate surface area is 138 Å². The molecule has 1 aromatic rings. The van der Waals surface area contributed by atoms with Crippen molar-refractivity contribution < 1.29 is 28.7 Å². The van der Waals surface area contributed by atoms with Gasteiger partial charge in [-0.25, -0.2) is 4.79 Å². The maximum absolute atomic E-state index is 11.8. The second kappa shape index (κ2) is 9.82. The molecular weight excluding hydrogens is 318 g/mol. The van der Waals surface area contributed by atoms with E-state index in [0.717, 1.165) is 0 Å². The number of imide groups is 1. The van der Waals surface area contributed by atoms with Crippen LogP contribution in [0, 0.1) is 0 Å². The van der Waals surface area contributed by atoms with Gasteiger partial charge in [0.05, 0.1) is 6.61 Å². The molecule has 1 aromatic carbocycles. The van der Waals surface area contributed by atoms with Crippen LogP contribution in [-0.4, -0.2) is 50.6 Å². The third-order valence-corrected chi connectivity index (χ3v) is 2.67. The Morgan fingerprint density at radius 2 is 1.75 bits per heavy atom. The van der Waals surface area contributed by atoms with Crippen molar-refractivity contribution in [3.05, 3.63) is 29.8 Å². The van der Waals surface area contributed by atoms with Crippen molar-refractivity contribution >= 4 is 23.8 Å². The highest BCUT2D eigenvalue weighted by Crippen LogP contribution is 2.11. The first-order valence-corrected chi connectivity index (χ1v) is 7.14. The SMILES string of the molecule is CCOc1ccc(C(=O)NCC(=O)OCC(=O)NC(=O)NC)cc1. The van der Waals surface area contributed by atoms with Gasteiger partial charge in [0.15, 0.2) is 6.61 Å². The van der Waals surface area contributed by atoms with Gasteiger partial charge in [0.25, 0.3) is 11.8 Å². The average molecular weight is 337 g/mol. The van der Waals surface area contributed by atoms with Gasteiger partial charge in [-0.15, -0.1) is 0 Å². The fourth-order valence-corrected chi connectivity index (χ4v) is 1.55. The van der Waals surface area contributed by atoms with E-state index in [9.17, 15) is 19.2 Å². The molecule has 0 saturated heterocycles. The Morgan fingerprint density at radius 1 is 1.08 bits per heavy atom. The molecule has 0 aliphatic heterocycles. The van der Waals surface area contributed by atoms with E-state index in [4.69, 9.17) is 4.74 Å². The first kappa shape index (κ1) is 18.9. The molecule has 1 rings (SSSR count). The van der Waals surface area contributed by atoms with Crippen molar-refractivity contribution in [2.45, 2.75) is 6.92 Å². The molecule has 0 fully saturated rings. The number of urea groups is 1. The quantitative estimate of drug-likeness (QED) is 0.593. The van der Waals surface area contributed by atoms with E-state index in [2.05, 4.69) is 15.4 Å². The predicted molar refractivity (Wildman–Crippen MR) is 83.5 cm³/mol. The molecular formula is C15H19N3O6. The van der Waals surface area contributed by atoms with Crippen LogP contribution < -0.4 is 20.7 Å². The smallest absolute Gasteiger partial charge is 0.325 e. The van der Waals surface area contributed by atoms with Gasteiger partial charge >= 0.3 is 12.0 Å². The molecule has 3 N–H and O–H groups in total. The molecule has 0 spiro atoms. The minimum absolute atomic E-state index is 0.351. The number of benzene rings is 1. The zero-order valence-corrected chi connectivity index (χ0v) is 13.4. The maximum atomic E-state index is 11.8. The maximum Gasteiger partial charge on any atom is 0.325 e. The summed E-state index contributed by atoms with van der Waals surface area (Å²) in [5, 5.41) is 6.46. The molecule has 0 atom stereocenters. The molecule has 0 unspecified atom stereocenters. The minimum Gasteiger partial charge on any atom is -0.494 e. The van der Waals surface area contributed by atoms with E-state index >= 15 is 0 Å². The van der Waals surface area contributed by atoms with Gasteiger partial charge in [-0.1, -0.05) is 0 Å². The summed E-state index contributed by atoms with van der Waals surface area (Å²) in [4.78, 5) is 45.4. The number of hydrogen-bond donors (Lipinski definition) is 3. The van der Waals surface area contributed by atoms with Crippen LogP contribution in [-0.2, 0) is 14.3 Å². The van der Waals surface area contributed by atoms with E-state index in [1.807, 2.05) is 12.2 Å². The number of ether oxygens (including phenoxy) is 2. The molecule has 24 heavy (non-hydrogen) atoms. The fourth-order valence-electron chi connectivity index (χ4n) is 1.55. The number of carbonyl (C=O) groups excluding carboxylic acids is 4. The first-order valence-electron chi connectivity index (χ1n) is 7.14. The number of rotatable bonds is 7. The van der Waals surface area contributed by atoms with Crippen molar-refractivity contribution in [1.82, 2.24) is 16.0 Å². The van der Waals surface area contributed by atoms with E-state index in [1.54, 1.807) is 24.3 Å². The number of carbonyl (C=O) groups is 4. The summed E-state index contributed by atoms with van der Waals surface area (Å²) in [6, 6.07) is 5.69. The van der Waals surface area contributed by atoms with Gasteiger partial charge in [-0.2, -0.15) is 0 Å². The minimum atomic E-state index is -0.804. The van der Waals surface area contributed by atoms with Crippen LogP contribution in [0.25, 0.3) is 0 Å². The highest BCUT2D eigenvalue weighted by Gasteiger charge is 2.12. The summed E-state index contributed by atoms with van der Waals surface area (Å²) in [5.41, 5.74) is 0.351. The van der Waals surface area contributed by atoms with Crippen molar-refractivity contribution in [2.75, 3.05) is 26.8 Å². The van der Waals surface area contributed by atoms with Crippen molar-refractivity contribution in [3.8, 4) is 5.75 Å². The molecule has 0 aliphatic carbocycles. The first-order chi connectivity index (χ1) is 11.5. The van der Waals surface area contributed by atoms with Gasteiger partial charge < -0.3 is 20.1 Å². The standard InChI is InChI=1S/C15H19N3O6/c1-3-23-11-6-4-10(5-7-11)14(21)17-8-13(20)24-9-12(19)18-15(22)16-2/h4-7H,3,8-9H2,1-2H3,(H,17,21)(H2,16,18,19,22). The van der Waals surface area contributed by atoms with E-state index < -0.39 is 37.0 Å². The van der Waals surface area contributed by atoms with Crippen LogP contribution >= 0.6 is 0 Å². The summed E-state index contributed by atoms with van der Waals surface area (Å²) < 4.78 is 9.88. The van der Waals surface area contributed by atoms with Gasteiger partial charge in [-0.05, 0) is 31.2 Å². The Balaban J connectivity index is 2.34. The molecule has 0 aromatic heterocycles. The largest absolute Gasteiger partial charge is 0.494 e. The van der Waals surface area contributed by atoms with E-state index in [-0.39, 0.29) is 0 Å². The predicted octanol–water partition coefficient (Wildman–Crippen LogP) is -0.186. The second-order valence-electron chi connectivity index (χ2n) is 4.43. The zero-order chi connectivity index (χ0) is 17.9. The number of amides is 4. The van der Waals surface area contributed by atoms with Crippen LogP contribution in [0.5, 0.6) is 5.75 Å². The molecule has 9 nitrogen and oxygen atoms in total. The molecule has 0 bridgehead atoms. The lowest BCUT2D eigenvalue weighted by molar-refractivity contribution is -0.147. The average Bonchev–Trinajstić information content (AvgIpc) is 2.58. The molecule has 130 valence electrons. The van der Waals surface area contributed by atoms with Crippen LogP contribution in [0.3, 0.4) is 0 Å².